The number of hydrogen-bond donors (Lipinski definition) is 1. The Balaban J connectivity index is 1.73. The minimum Gasteiger partial charge on any atom is -0.497 e. The average molecular weight is 366 g/mol. The predicted molar refractivity (Wildman–Crippen MR) is 105 cm³/mol. The van der Waals surface area contributed by atoms with Crippen LogP contribution in [0.25, 0.3) is 10.9 Å². The van der Waals surface area contributed by atoms with E-state index in [9.17, 15) is 0 Å². The summed E-state index contributed by atoms with van der Waals surface area (Å²) in [5, 5.41) is 0.746. The molecule has 0 saturated heterocycles. The molecule has 3 aromatic rings. The molecule has 0 aliphatic carbocycles. The fourth-order valence-electron chi connectivity index (χ4n) is 3.44. The van der Waals surface area contributed by atoms with E-state index in [4.69, 9.17) is 24.9 Å². The third-order valence-corrected chi connectivity index (χ3v) is 4.93. The maximum absolute atomic E-state index is 6.22. The highest BCUT2D eigenvalue weighted by Crippen LogP contribution is 2.34. The molecule has 2 N–H and O–H groups in total. The third kappa shape index (κ3) is 3.05. The van der Waals surface area contributed by atoms with Gasteiger partial charge in [-0.15, -0.1) is 0 Å². The van der Waals surface area contributed by atoms with Crippen molar-refractivity contribution in [2.45, 2.75) is 13.0 Å². The molecule has 1 aliphatic heterocycles. The number of nitrogens with zero attached hydrogens (tertiary/aromatic N) is 3. The first kappa shape index (κ1) is 17.2. The molecule has 0 spiro atoms. The van der Waals surface area contributed by atoms with Gasteiger partial charge < -0.3 is 24.8 Å². The Morgan fingerprint density at radius 1 is 0.926 bits per heavy atom. The molecule has 0 bridgehead atoms. The van der Waals surface area contributed by atoms with Crippen LogP contribution in [0.5, 0.6) is 17.2 Å². The lowest BCUT2D eigenvalue weighted by atomic mass is 10.00. The van der Waals surface area contributed by atoms with E-state index in [1.54, 1.807) is 21.3 Å². The summed E-state index contributed by atoms with van der Waals surface area (Å²) >= 11 is 0. The Bertz CT molecular complexity index is 1010. The lowest BCUT2D eigenvalue weighted by molar-refractivity contribution is 0.356. The van der Waals surface area contributed by atoms with Gasteiger partial charge in [0.25, 0.3) is 0 Å². The summed E-state index contributed by atoms with van der Waals surface area (Å²) in [5.74, 6) is 3.11. The Hall–Kier alpha value is -3.22. The molecular weight excluding hydrogens is 344 g/mol. The molecule has 1 aliphatic rings. The Morgan fingerprint density at radius 2 is 1.70 bits per heavy atom. The molecule has 0 atom stereocenters. The Kier molecular flexibility index (Phi) is 4.35. The van der Waals surface area contributed by atoms with Gasteiger partial charge in [0.15, 0.2) is 11.5 Å². The van der Waals surface area contributed by atoms with Gasteiger partial charge in [0.1, 0.15) is 11.6 Å². The first-order valence-electron chi connectivity index (χ1n) is 8.73. The zero-order valence-electron chi connectivity index (χ0n) is 15.7. The number of rotatable bonds is 4. The second-order valence-electron chi connectivity index (χ2n) is 6.44. The smallest absolute Gasteiger partial charge is 0.228 e. The molecule has 0 amide bonds. The van der Waals surface area contributed by atoms with Crippen LogP contribution < -0.4 is 24.8 Å². The highest BCUT2D eigenvalue weighted by molar-refractivity contribution is 5.91. The largest absolute Gasteiger partial charge is 0.497 e. The van der Waals surface area contributed by atoms with Crippen LogP contribution in [0.3, 0.4) is 0 Å². The number of aromatic nitrogens is 2. The van der Waals surface area contributed by atoms with Gasteiger partial charge in [-0.05, 0) is 35.7 Å². The second kappa shape index (κ2) is 6.83. The van der Waals surface area contributed by atoms with Gasteiger partial charge in [0, 0.05) is 24.5 Å². The van der Waals surface area contributed by atoms with Crippen molar-refractivity contribution in [1.29, 1.82) is 0 Å². The van der Waals surface area contributed by atoms with E-state index < -0.39 is 0 Å². The molecule has 0 fully saturated rings. The van der Waals surface area contributed by atoms with Gasteiger partial charge in [-0.1, -0.05) is 6.07 Å². The molecule has 1 aromatic heterocycles. The monoisotopic (exact) mass is 366 g/mol. The third-order valence-electron chi connectivity index (χ3n) is 4.93. The summed E-state index contributed by atoms with van der Waals surface area (Å²) in [5.41, 5.74) is 9.50. The quantitative estimate of drug-likeness (QED) is 0.760. The summed E-state index contributed by atoms with van der Waals surface area (Å²) in [6.45, 7) is 1.54. The normalized spacial score (nSPS) is 13.4. The van der Waals surface area contributed by atoms with Crippen LogP contribution in [-0.4, -0.2) is 37.8 Å². The van der Waals surface area contributed by atoms with E-state index in [1.165, 1.54) is 11.1 Å². The number of hydrogen-bond acceptors (Lipinski definition) is 7. The van der Waals surface area contributed by atoms with Crippen molar-refractivity contribution in [3.63, 3.8) is 0 Å². The number of anilines is 2. The van der Waals surface area contributed by atoms with Gasteiger partial charge in [-0.2, -0.15) is 4.98 Å². The summed E-state index contributed by atoms with van der Waals surface area (Å²) < 4.78 is 16.1. The lowest BCUT2D eigenvalue weighted by Gasteiger charge is -2.29. The van der Waals surface area contributed by atoms with E-state index in [2.05, 4.69) is 22.0 Å². The van der Waals surface area contributed by atoms with Crippen molar-refractivity contribution in [3.05, 3.63) is 41.5 Å². The Labute approximate surface area is 157 Å². The van der Waals surface area contributed by atoms with Crippen LogP contribution in [0.15, 0.2) is 30.3 Å². The van der Waals surface area contributed by atoms with E-state index in [1.807, 2.05) is 18.2 Å². The van der Waals surface area contributed by atoms with E-state index in [-0.39, 0.29) is 0 Å². The number of methoxy groups -OCH3 is 3. The molecule has 0 saturated carbocycles. The van der Waals surface area contributed by atoms with Gasteiger partial charge in [-0.3, -0.25) is 0 Å². The minimum atomic E-state index is 0.424. The van der Waals surface area contributed by atoms with Crippen LogP contribution in [0.2, 0.25) is 0 Å². The fourth-order valence-corrected chi connectivity index (χ4v) is 3.44. The average Bonchev–Trinajstić information content (AvgIpc) is 2.71. The van der Waals surface area contributed by atoms with Crippen molar-refractivity contribution in [1.82, 2.24) is 9.97 Å². The van der Waals surface area contributed by atoms with Crippen molar-refractivity contribution in [2.75, 3.05) is 38.5 Å². The molecular formula is C20H22N4O3. The zero-order valence-corrected chi connectivity index (χ0v) is 15.7. The summed E-state index contributed by atoms with van der Waals surface area (Å²) in [7, 11) is 4.87. The number of nitrogen functional groups attached to an aromatic ring is 1. The Morgan fingerprint density at radius 3 is 2.44 bits per heavy atom. The van der Waals surface area contributed by atoms with Crippen LogP contribution in [0.1, 0.15) is 11.1 Å². The van der Waals surface area contributed by atoms with Crippen LogP contribution in [0, 0.1) is 0 Å². The number of nitrogens with two attached hydrogens (primary N) is 1. The van der Waals surface area contributed by atoms with E-state index in [0.29, 0.717) is 29.8 Å². The summed E-state index contributed by atoms with van der Waals surface area (Å²) in [6.07, 6.45) is 0.923. The van der Waals surface area contributed by atoms with Crippen LogP contribution in [-0.2, 0) is 13.0 Å². The topological polar surface area (TPSA) is 82.7 Å². The molecule has 27 heavy (non-hydrogen) atoms. The molecule has 0 unspecified atom stereocenters. The summed E-state index contributed by atoms with van der Waals surface area (Å²) in [4.78, 5) is 11.4. The fraction of sp³-hybridized carbons (Fsp3) is 0.300. The van der Waals surface area contributed by atoms with Gasteiger partial charge in [0.2, 0.25) is 5.95 Å². The molecule has 140 valence electrons. The predicted octanol–water partition coefficient (Wildman–Crippen LogP) is 2.80. The van der Waals surface area contributed by atoms with Crippen molar-refractivity contribution < 1.29 is 14.2 Å². The van der Waals surface area contributed by atoms with Crippen LogP contribution >= 0.6 is 0 Å². The second-order valence-corrected chi connectivity index (χ2v) is 6.44. The van der Waals surface area contributed by atoms with Gasteiger partial charge in [0.05, 0.1) is 26.8 Å². The summed E-state index contributed by atoms with van der Waals surface area (Å²) in [6, 6.07) is 9.83. The van der Waals surface area contributed by atoms with Crippen molar-refractivity contribution >= 4 is 22.7 Å². The molecule has 7 nitrogen and oxygen atoms in total. The molecule has 0 radical (unpaired) electrons. The number of ether oxygens (including phenoxy) is 3. The van der Waals surface area contributed by atoms with Crippen LogP contribution in [0.4, 0.5) is 11.8 Å². The number of fused-ring (bicyclic) bond motifs is 2. The maximum atomic E-state index is 6.22. The maximum Gasteiger partial charge on any atom is 0.228 e. The minimum absolute atomic E-state index is 0.424. The molecule has 2 aromatic carbocycles. The molecule has 2 heterocycles. The lowest BCUT2D eigenvalue weighted by Crippen LogP contribution is -2.32. The molecule has 7 heteroatoms. The first-order valence-corrected chi connectivity index (χ1v) is 8.73. The van der Waals surface area contributed by atoms with E-state index >= 15 is 0 Å². The van der Waals surface area contributed by atoms with Crippen molar-refractivity contribution in [2.24, 2.45) is 0 Å². The zero-order chi connectivity index (χ0) is 19.0. The molecule has 4 rings (SSSR count). The first-order chi connectivity index (χ1) is 13.1. The number of benzene rings is 2. The highest BCUT2D eigenvalue weighted by atomic mass is 16.5. The van der Waals surface area contributed by atoms with Gasteiger partial charge >= 0.3 is 0 Å². The van der Waals surface area contributed by atoms with Crippen molar-refractivity contribution in [3.8, 4) is 17.2 Å². The highest BCUT2D eigenvalue weighted by Gasteiger charge is 2.21. The van der Waals surface area contributed by atoms with Gasteiger partial charge in [-0.25, -0.2) is 4.98 Å². The SMILES string of the molecule is COc1ccc2c(c1)CN(c1nc(N)c3cc(OC)c(OC)cc3n1)CC2. The standard InChI is InChI=1S/C20H22N4O3/c1-25-14-5-4-12-6-7-24(11-13(12)8-14)20-22-16-10-18(27-3)17(26-2)9-15(16)19(21)23-20/h4-5,8-10H,6-7,11H2,1-3H3,(H2,21,22,23). The van der Waals surface area contributed by atoms with E-state index in [0.717, 1.165) is 29.6 Å².